The molecule has 0 saturated carbocycles. The molecule has 1 aliphatic rings. The Hall–Kier alpha value is -3.50. The first-order chi connectivity index (χ1) is 14.6. The van der Waals surface area contributed by atoms with Crippen LogP contribution in [-0.2, 0) is 0 Å². The zero-order valence-corrected chi connectivity index (χ0v) is 17.2. The molecule has 30 heavy (non-hydrogen) atoms. The maximum absolute atomic E-state index is 10.9. The molecule has 1 aromatic heterocycles. The van der Waals surface area contributed by atoms with Crippen LogP contribution in [0.25, 0.3) is 16.6 Å². The van der Waals surface area contributed by atoms with Crippen LogP contribution < -0.4 is 9.64 Å². The van der Waals surface area contributed by atoms with E-state index in [1.807, 2.05) is 49.4 Å². The summed E-state index contributed by atoms with van der Waals surface area (Å²) >= 11 is 0. The van der Waals surface area contributed by atoms with Crippen molar-refractivity contribution in [2.24, 2.45) is 0 Å². The molecule has 3 aromatic rings. The van der Waals surface area contributed by atoms with Gasteiger partial charge in [-0.15, -0.1) is 0 Å². The summed E-state index contributed by atoms with van der Waals surface area (Å²) in [4.78, 5) is 12.1. The number of nitriles is 1. The van der Waals surface area contributed by atoms with E-state index < -0.39 is 0 Å². The molecular weight excluding hydrogens is 378 g/mol. The maximum Gasteiger partial charge on any atom is 0.152 e. The number of nitrogens with one attached hydrogen (secondary N) is 1. The van der Waals surface area contributed by atoms with Crippen molar-refractivity contribution in [3.05, 3.63) is 60.1 Å². The minimum atomic E-state index is -0.285. The van der Waals surface area contributed by atoms with Gasteiger partial charge in [0.05, 0.1) is 29.9 Å². The first-order valence-corrected chi connectivity index (χ1v) is 10.0. The molecule has 0 aliphatic carbocycles. The van der Waals surface area contributed by atoms with E-state index in [-0.39, 0.29) is 17.4 Å². The Bertz CT molecular complexity index is 1070. The molecule has 7 heteroatoms. The van der Waals surface area contributed by atoms with Crippen molar-refractivity contribution < 1.29 is 9.84 Å². The molecule has 0 unspecified atom stereocenters. The number of aliphatic hydroxyl groups is 1. The number of fused-ring (bicyclic) bond motifs is 1. The number of aromatic amines is 1. The first kappa shape index (κ1) is 19.8. The maximum atomic E-state index is 10.9. The van der Waals surface area contributed by atoms with Gasteiger partial charge in [-0.3, -0.25) is 4.90 Å². The Balaban J connectivity index is 1.51. The van der Waals surface area contributed by atoms with Gasteiger partial charge in [0.1, 0.15) is 23.2 Å². The lowest BCUT2D eigenvalue weighted by molar-refractivity contribution is 0.178. The number of nitrogens with zero attached hydrogens (tertiary/aromatic N) is 4. The lowest BCUT2D eigenvalue weighted by atomic mass is 10.1. The van der Waals surface area contributed by atoms with Crippen LogP contribution in [0, 0.1) is 11.3 Å². The van der Waals surface area contributed by atoms with Crippen LogP contribution in [0.3, 0.4) is 0 Å². The third kappa shape index (κ3) is 3.70. The fourth-order valence-corrected chi connectivity index (χ4v) is 3.93. The summed E-state index contributed by atoms with van der Waals surface area (Å²) in [5.74, 6) is 1.30. The van der Waals surface area contributed by atoms with Crippen LogP contribution in [0.2, 0.25) is 0 Å². The van der Waals surface area contributed by atoms with Crippen molar-refractivity contribution in [1.29, 1.82) is 5.26 Å². The number of anilines is 1. The van der Waals surface area contributed by atoms with E-state index in [1.165, 1.54) is 0 Å². The normalized spacial score (nSPS) is 16.8. The molecule has 154 valence electrons. The summed E-state index contributed by atoms with van der Waals surface area (Å²) in [7, 11) is 1.68. The standard InChI is InChI=1S/C23H25N5O2/c1-16(22(29)17(15-24)23-25-18-7-3-4-8-19(18)26-23)27-11-13-28(14-12-27)20-9-5-6-10-21(20)30-2/h3-10,16,29H,11-14H2,1-2H3,(H,25,26)/b22-17-/t16-/m0/s1. The lowest BCUT2D eigenvalue weighted by Gasteiger charge is -2.39. The van der Waals surface area contributed by atoms with Gasteiger partial charge in [-0.1, -0.05) is 24.3 Å². The summed E-state index contributed by atoms with van der Waals surface area (Å²) in [5, 5.41) is 20.6. The van der Waals surface area contributed by atoms with Gasteiger partial charge in [-0.05, 0) is 31.2 Å². The molecular formula is C23H25N5O2. The monoisotopic (exact) mass is 403 g/mol. The van der Waals surface area contributed by atoms with Crippen LogP contribution in [0.15, 0.2) is 54.3 Å². The Morgan fingerprint density at radius 2 is 1.83 bits per heavy atom. The predicted octanol–water partition coefficient (Wildman–Crippen LogP) is 3.57. The Morgan fingerprint density at radius 1 is 1.13 bits per heavy atom. The average Bonchev–Trinajstić information content (AvgIpc) is 3.22. The second-order valence-electron chi connectivity index (χ2n) is 7.35. The minimum Gasteiger partial charge on any atom is -0.509 e. The number of ether oxygens (including phenoxy) is 1. The van der Waals surface area contributed by atoms with Crippen molar-refractivity contribution in [1.82, 2.24) is 14.9 Å². The van der Waals surface area contributed by atoms with Gasteiger partial charge in [-0.25, -0.2) is 4.98 Å². The minimum absolute atomic E-state index is 0.0438. The number of H-pyrrole nitrogens is 1. The van der Waals surface area contributed by atoms with E-state index in [0.717, 1.165) is 48.6 Å². The zero-order chi connectivity index (χ0) is 21.1. The van der Waals surface area contributed by atoms with Gasteiger partial charge >= 0.3 is 0 Å². The number of piperazine rings is 1. The molecule has 1 saturated heterocycles. The molecule has 0 amide bonds. The lowest BCUT2D eigenvalue weighted by Crippen LogP contribution is -2.50. The van der Waals surface area contributed by atoms with E-state index >= 15 is 0 Å². The van der Waals surface area contributed by atoms with Gasteiger partial charge in [0, 0.05) is 26.2 Å². The highest BCUT2D eigenvalue weighted by Gasteiger charge is 2.27. The van der Waals surface area contributed by atoms with Crippen molar-refractivity contribution in [2.45, 2.75) is 13.0 Å². The quantitative estimate of drug-likeness (QED) is 0.500. The molecule has 7 nitrogen and oxygen atoms in total. The molecule has 0 radical (unpaired) electrons. The van der Waals surface area contributed by atoms with E-state index in [0.29, 0.717) is 5.82 Å². The fourth-order valence-electron chi connectivity index (χ4n) is 3.93. The van der Waals surface area contributed by atoms with Crippen LogP contribution in [-0.4, -0.2) is 59.3 Å². The number of para-hydroxylation sites is 4. The number of aromatic nitrogens is 2. The second-order valence-corrected chi connectivity index (χ2v) is 7.35. The highest BCUT2D eigenvalue weighted by atomic mass is 16.5. The topological polar surface area (TPSA) is 88.4 Å². The van der Waals surface area contributed by atoms with Crippen LogP contribution in [0.4, 0.5) is 5.69 Å². The van der Waals surface area contributed by atoms with E-state index in [2.05, 4.69) is 31.9 Å². The predicted molar refractivity (Wildman–Crippen MR) is 117 cm³/mol. The van der Waals surface area contributed by atoms with Crippen LogP contribution in [0.5, 0.6) is 5.75 Å². The Labute approximate surface area is 175 Å². The third-order valence-electron chi connectivity index (χ3n) is 5.68. The summed E-state index contributed by atoms with van der Waals surface area (Å²) in [6.07, 6.45) is 0. The third-order valence-corrected chi connectivity index (χ3v) is 5.68. The molecule has 4 rings (SSSR count). The van der Waals surface area contributed by atoms with Gasteiger partial charge in [0.15, 0.2) is 5.82 Å². The largest absolute Gasteiger partial charge is 0.509 e. The molecule has 0 spiro atoms. The van der Waals surface area contributed by atoms with E-state index in [1.54, 1.807) is 7.11 Å². The highest BCUT2D eigenvalue weighted by molar-refractivity contribution is 5.83. The van der Waals surface area contributed by atoms with Gasteiger partial charge < -0.3 is 19.7 Å². The summed E-state index contributed by atoms with van der Waals surface area (Å²) < 4.78 is 5.48. The molecule has 2 aromatic carbocycles. The number of rotatable bonds is 5. The van der Waals surface area contributed by atoms with Crippen molar-refractivity contribution in [3.8, 4) is 11.8 Å². The number of methoxy groups -OCH3 is 1. The number of aliphatic hydroxyl groups excluding tert-OH is 1. The summed E-state index contributed by atoms with van der Waals surface area (Å²) in [6, 6.07) is 17.4. The van der Waals surface area contributed by atoms with Gasteiger partial charge in [0.2, 0.25) is 0 Å². The number of hydrogen-bond acceptors (Lipinski definition) is 6. The van der Waals surface area contributed by atoms with Gasteiger partial charge in [0.25, 0.3) is 0 Å². The van der Waals surface area contributed by atoms with Crippen molar-refractivity contribution >= 4 is 22.3 Å². The zero-order valence-electron chi connectivity index (χ0n) is 17.2. The highest BCUT2D eigenvalue weighted by Crippen LogP contribution is 2.29. The average molecular weight is 403 g/mol. The SMILES string of the molecule is COc1ccccc1N1CCN([C@@H](C)/C(O)=C(\C#N)c2nc3ccccc3[nH]2)CC1. The van der Waals surface area contributed by atoms with Gasteiger partial charge in [-0.2, -0.15) is 5.26 Å². The summed E-state index contributed by atoms with van der Waals surface area (Å²) in [6.45, 7) is 5.08. The van der Waals surface area contributed by atoms with Crippen molar-refractivity contribution in [3.63, 3.8) is 0 Å². The molecule has 2 heterocycles. The molecule has 1 aliphatic heterocycles. The van der Waals surface area contributed by atoms with E-state index in [4.69, 9.17) is 4.74 Å². The first-order valence-electron chi connectivity index (χ1n) is 10.0. The smallest absolute Gasteiger partial charge is 0.152 e. The number of allylic oxidation sites excluding steroid dienone is 1. The molecule has 1 fully saturated rings. The number of hydrogen-bond donors (Lipinski definition) is 2. The number of imidazole rings is 1. The Kier molecular flexibility index (Phi) is 5.59. The fraction of sp³-hybridized carbons (Fsp3) is 0.304. The Morgan fingerprint density at radius 3 is 2.53 bits per heavy atom. The van der Waals surface area contributed by atoms with E-state index in [9.17, 15) is 10.4 Å². The van der Waals surface area contributed by atoms with Crippen molar-refractivity contribution in [2.75, 3.05) is 38.2 Å². The summed E-state index contributed by atoms with van der Waals surface area (Å²) in [5.41, 5.74) is 2.87. The molecule has 1 atom stereocenters. The van der Waals surface area contributed by atoms with Crippen LogP contribution >= 0.6 is 0 Å². The molecule has 2 N–H and O–H groups in total. The second kappa shape index (κ2) is 8.47. The number of benzene rings is 2. The van der Waals surface area contributed by atoms with Crippen LogP contribution in [0.1, 0.15) is 12.7 Å². The molecule has 0 bridgehead atoms.